The van der Waals surface area contributed by atoms with E-state index >= 15 is 0 Å². The molecule has 0 unspecified atom stereocenters. The third kappa shape index (κ3) is 48.5. The smallest absolute Gasteiger partial charge is 0.225 e. The van der Waals surface area contributed by atoms with Gasteiger partial charge in [0.05, 0.1) is 37.5 Å². The third-order valence-electron chi connectivity index (χ3n) is 6.32. The van der Waals surface area contributed by atoms with Gasteiger partial charge in [0.1, 0.15) is 16.7 Å². The maximum atomic E-state index is 5.12. The van der Waals surface area contributed by atoms with Crippen LogP contribution >= 0.6 is 0 Å². The van der Waals surface area contributed by atoms with E-state index in [1.165, 1.54) is 0 Å². The maximum absolute atomic E-state index is 5.12. The molecule has 0 aliphatic heterocycles. The van der Waals surface area contributed by atoms with Gasteiger partial charge in [0, 0.05) is 58.6 Å². The highest BCUT2D eigenvalue weighted by atomic mass is 16.3. The highest BCUT2D eigenvalue weighted by Gasteiger charge is 1.94. The van der Waals surface area contributed by atoms with Crippen LogP contribution in [0.15, 0.2) is 182 Å². The molecular weight excluding hydrogens is 941 g/mol. The minimum absolute atomic E-state index is 0. The first-order chi connectivity index (χ1) is 36.0. The van der Waals surface area contributed by atoms with Gasteiger partial charge in [0.15, 0.2) is 11.2 Å². The molecule has 10 aromatic rings. The summed E-state index contributed by atoms with van der Waals surface area (Å²) >= 11 is 0. The van der Waals surface area contributed by atoms with Gasteiger partial charge in [0.2, 0.25) is 5.71 Å². The Kier molecular flexibility index (Phi) is 61.5. The lowest BCUT2D eigenvalue weighted by atomic mass is 10.3. The minimum atomic E-state index is 0. The number of aromatic nitrogens is 4. The van der Waals surface area contributed by atoms with Crippen LogP contribution in [-0.4, -0.2) is 19.9 Å². The molecule has 0 saturated carbocycles. The molecule has 0 atom stereocenters. The highest BCUT2D eigenvalue weighted by molar-refractivity contribution is 5.77. The van der Waals surface area contributed by atoms with Gasteiger partial charge < -0.3 is 22.1 Å². The molecular formula is C67H110N4O5. The molecule has 9 nitrogen and oxygen atoms in total. The summed E-state index contributed by atoms with van der Waals surface area (Å²) in [4.78, 5) is 15.8. The molecule has 76 heavy (non-hydrogen) atoms. The predicted molar refractivity (Wildman–Crippen MR) is 338 cm³/mol. The van der Waals surface area contributed by atoms with Gasteiger partial charge in [-0.3, -0.25) is 15.0 Å². The van der Waals surface area contributed by atoms with Gasteiger partial charge in [-0.2, -0.15) is 0 Å². The van der Waals surface area contributed by atoms with Crippen LogP contribution in [0.2, 0.25) is 0 Å². The number of hydrogen-bond donors (Lipinski definition) is 0. The molecule has 0 aliphatic rings. The Balaban J connectivity index is -0.000000179. The molecule has 0 spiro atoms. The van der Waals surface area contributed by atoms with Crippen LogP contribution in [0.3, 0.4) is 0 Å². The number of furan rings is 5. The second-order valence-corrected chi connectivity index (χ2v) is 17.9. The van der Waals surface area contributed by atoms with E-state index < -0.39 is 0 Å². The van der Waals surface area contributed by atoms with Crippen LogP contribution in [0.5, 0.6) is 0 Å². The van der Waals surface area contributed by atoms with Crippen molar-refractivity contribution in [1.82, 2.24) is 19.9 Å². The van der Waals surface area contributed by atoms with Crippen molar-refractivity contribution in [2.45, 2.75) is 181 Å². The standard InChI is InChI=1S/C8H6O.4C7H5NO.5C4H10.5C2H6.CH4/c1-2-4-8-7(3-1)5-6-9-8;1-3-8-5-6-2-4-9-7(1)6;1-3-8-5-7-6(1)2-4-9-7;1-2-7-6(8-4-1)3-5-9-7;1-2-6-3-5-9-7(6)8-4-1;5*1-4(2)3;5*1-2;/h1-6H;4*1-5H;5*4H,1-3H3;5*1-2H3;1H4. The topological polar surface area (TPSA) is 117 Å². The summed E-state index contributed by atoms with van der Waals surface area (Å²) in [6.07, 6.45) is 18.7. The van der Waals surface area contributed by atoms with Gasteiger partial charge in [0.25, 0.3) is 0 Å². The Morgan fingerprint density at radius 1 is 0.289 bits per heavy atom. The summed E-state index contributed by atoms with van der Waals surface area (Å²) in [5.74, 6) is 4.17. The lowest BCUT2D eigenvalue weighted by Crippen LogP contribution is -1.66. The normalized spacial score (nSPS) is 8.82. The Labute approximate surface area is 464 Å². The first-order valence-electron chi connectivity index (χ1n) is 27.5. The van der Waals surface area contributed by atoms with Crippen LogP contribution < -0.4 is 0 Å². The quantitative estimate of drug-likeness (QED) is 0.146. The first-order valence-corrected chi connectivity index (χ1v) is 27.5. The van der Waals surface area contributed by atoms with Crippen molar-refractivity contribution in [1.29, 1.82) is 0 Å². The number of pyridine rings is 4. The molecule has 1 aromatic carbocycles. The molecule has 9 aromatic heterocycles. The summed E-state index contributed by atoms with van der Waals surface area (Å²) in [5, 5.41) is 4.37. The minimum Gasteiger partial charge on any atom is -0.464 e. The van der Waals surface area contributed by atoms with E-state index in [-0.39, 0.29) is 7.43 Å². The van der Waals surface area contributed by atoms with Gasteiger partial charge in [-0.25, -0.2) is 4.98 Å². The summed E-state index contributed by atoms with van der Waals surface area (Å²) in [6, 6.07) is 28.8. The molecule has 0 radical (unpaired) electrons. The summed E-state index contributed by atoms with van der Waals surface area (Å²) < 4.78 is 25.3. The maximum Gasteiger partial charge on any atom is 0.225 e. The van der Waals surface area contributed by atoms with Crippen LogP contribution in [0.4, 0.5) is 0 Å². The number of nitrogens with zero attached hydrogens (tertiary/aromatic N) is 4. The summed E-state index contributed by atoms with van der Waals surface area (Å²) in [6.45, 7) is 52.5. The molecule has 9 heteroatoms. The molecule has 0 saturated heterocycles. The Morgan fingerprint density at radius 3 is 1.11 bits per heavy atom. The zero-order valence-electron chi connectivity index (χ0n) is 51.7. The van der Waals surface area contributed by atoms with E-state index in [1.54, 1.807) is 68.5 Å². The predicted octanol–water partition coefficient (Wildman–Crippen LogP) is 23.8. The van der Waals surface area contributed by atoms with Crippen molar-refractivity contribution in [2.24, 2.45) is 29.6 Å². The average molecular weight is 1050 g/mol. The number of rotatable bonds is 0. The Morgan fingerprint density at radius 2 is 0.632 bits per heavy atom. The van der Waals surface area contributed by atoms with Gasteiger partial charge >= 0.3 is 0 Å². The van der Waals surface area contributed by atoms with Crippen LogP contribution in [-0.2, 0) is 0 Å². The zero-order chi connectivity index (χ0) is 58.4. The fourth-order valence-corrected chi connectivity index (χ4v) is 4.12. The number of para-hydroxylation sites is 1. The van der Waals surface area contributed by atoms with Crippen molar-refractivity contribution in [3.63, 3.8) is 0 Å². The van der Waals surface area contributed by atoms with Crippen LogP contribution in [0.1, 0.15) is 181 Å². The Hall–Kier alpha value is -6.48. The van der Waals surface area contributed by atoms with E-state index in [0.717, 1.165) is 79.0 Å². The monoisotopic (exact) mass is 1050 g/mol. The van der Waals surface area contributed by atoms with Crippen LogP contribution in [0.25, 0.3) is 55.1 Å². The van der Waals surface area contributed by atoms with E-state index in [0.29, 0.717) is 5.71 Å². The first kappa shape index (κ1) is 80.9. The number of benzene rings is 1. The molecule has 10 rings (SSSR count). The average Bonchev–Trinajstić information content (AvgIpc) is 4.28. The molecule has 0 fully saturated rings. The van der Waals surface area contributed by atoms with Crippen molar-refractivity contribution in [3.05, 3.63) is 159 Å². The van der Waals surface area contributed by atoms with Gasteiger partial charge in [-0.05, 0) is 96.3 Å². The van der Waals surface area contributed by atoms with E-state index in [2.05, 4.69) is 124 Å². The van der Waals surface area contributed by atoms with Crippen molar-refractivity contribution in [3.8, 4) is 0 Å². The fraction of sp³-hybridized carbons (Fsp3) is 0.463. The molecule has 0 aliphatic carbocycles. The van der Waals surface area contributed by atoms with Crippen LogP contribution in [0, 0.1) is 29.6 Å². The number of hydrogen-bond acceptors (Lipinski definition) is 9. The van der Waals surface area contributed by atoms with Gasteiger partial charge in [-0.15, -0.1) is 0 Å². The molecule has 428 valence electrons. The van der Waals surface area contributed by atoms with Gasteiger partial charge in [-0.1, -0.05) is 199 Å². The summed E-state index contributed by atoms with van der Waals surface area (Å²) in [5.41, 5.74) is 5.16. The summed E-state index contributed by atoms with van der Waals surface area (Å²) in [7, 11) is 0. The zero-order valence-corrected chi connectivity index (χ0v) is 51.7. The lowest BCUT2D eigenvalue weighted by molar-refractivity contribution is 0.603. The molecule has 0 N–H and O–H groups in total. The van der Waals surface area contributed by atoms with Crippen molar-refractivity contribution in [2.75, 3.05) is 0 Å². The Bertz CT molecular complexity index is 2010. The van der Waals surface area contributed by atoms with Crippen molar-refractivity contribution < 1.29 is 22.1 Å². The van der Waals surface area contributed by atoms with Crippen molar-refractivity contribution >= 4 is 55.1 Å². The second-order valence-electron chi connectivity index (χ2n) is 17.9. The van der Waals surface area contributed by atoms with E-state index in [1.807, 2.05) is 160 Å². The largest absolute Gasteiger partial charge is 0.464 e. The van der Waals surface area contributed by atoms with E-state index in [4.69, 9.17) is 22.1 Å². The number of fused-ring (bicyclic) bond motifs is 5. The second kappa shape index (κ2) is 57.8. The molecule has 0 bridgehead atoms. The molecule has 9 heterocycles. The fourth-order valence-electron chi connectivity index (χ4n) is 4.12. The highest BCUT2D eigenvalue weighted by Crippen LogP contribution is 2.14. The van der Waals surface area contributed by atoms with E-state index in [9.17, 15) is 0 Å². The third-order valence-corrected chi connectivity index (χ3v) is 6.32. The lowest BCUT2D eigenvalue weighted by Gasteiger charge is -1.81. The SMILES string of the molecule is C.CC.CC.CC.CC.CC.CC(C)C.CC(C)C.CC(C)C.CC(C)C.CC(C)C.c1cc2ccoc2cn1.c1cc2occc2cn1.c1ccc2occc2c1.c1cnc2ccoc2c1.c1cnc2occc2c1. The molecule has 0 amide bonds.